The highest BCUT2D eigenvalue weighted by atomic mass is 32.2. The lowest BCUT2D eigenvalue weighted by atomic mass is 9.94. The van der Waals surface area contributed by atoms with Gasteiger partial charge in [0.25, 0.3) is 5.91 Å². The summed E-state index contributed by atoms with van der Waals surface area (Å²) in [5.74, 6) is -0.427. The van der Waals surface area contributed by atoms with Gasteiger partial charge in [-0.1, -0.05) is 45.9 Å². The Balaban J connectivity index is 2.31. The van der Waals surface area contributed by atoms with E-state index >= 15 is 0 Å². The Morgan fingerprint density at radius 3 is 2.06 bits per heavy atom. The number of carbonyl (C=O) groups is 2. The third-order valence-corrected chi connectivity index (χ3v) is 4.74. The summed E-state index contributed by atoms with van der Waals surface area (Å²) in [7, 11) is -3.82. The molecule has 0 bridgehead atoms. The van der Waals surface area contributed by atoms with E-state index in [9.17, 15) is 18.0 Å². The van der Waals surface area contributed by atoms with Crippen LogP contribution in [0.3, 0.4) is 0 Å². The van der Waals surface area contributed by atoms with E-state index in [1.165, 1.54) is 24.5 Å². The maximum Gasteiger partial charge on any atom is 0.515 e. The SMILES string of the molecule is CC(C)c1cccc(C(C)C)c1OC(=O)OC(C(N)=O)c1ccc[n+](OS(C)(=O)=O)c1. The number of pyridine rings is 1. The molecular weight excluding hydrogens is 424 g/mol. The normalized spacial score (nSPS) is 12.5. The van der Waals surface area contributed by atoms with Crippen LogP contribution in [0, 0.1) is 0 Å². The smallest absolute Gasteiger partial charge is 0.415 e. The first kappa shape index (κ1) is 24.1. The molecule has 2 N–H and O–H groups in total. The van der Waals surface area contributed by atoms with Gasteiger partial charge >= 0.3 is 16.3 Å². The summed E-state index contributed by atoms with van der Waals surface area (Å²) in [5, 5.41) is 0. The summed E-state index contributed by atoms with van der Waals surface area (Å²) in [6.45, 7) is 7.87. The first-order chi connectivity index (χ1) is 14.4. The number of hydrogen-bond acceptors (Lipinski definition) is 7. The van der Waals surface area contributed by atoms with Gasteiger partial charge in [0.15, 0.2) is 0 Å². The molecule has 1 aromatic carbocycles. The molecule has 9 nitrogen and oxygen atoms in total. The minimum absolute atomic E-state index is 0.0784. The molecular formula is C21H27N2O7S+. The predicted molar refractivity (Wildman–Crippen MR) is 112 cm³/mol. The predicted octanol–water partition coefficient (Wildman–Crippen LogP) is 2.35. The molecule has 1 atom stereocenters. The average Bonchev–Trinajstić information content (AvgIpc) is 2.64. The largest absolute Gasteiger partial charge is 0.515 e. The zero-order chi connectivity index (χ0) is 23.3. The topological polar surface area (TPSA) is 126 Å². The molecule has 0 fully saturated rings. The van der Waals surface area contributed by atoms with Crippen LogP contribution in [-0.2, 0) is 19.6 Å². The van der Waals surface area contributed by atoms with Gasteiger partial charge in [-0.25, -0.2) is 4.79 Å². The van der Waals surface area contributed by atoms with E-state index in [2.05, 4.69) is 0 Å². The molecule has 0 spiro atoms. The zero-order valence-electron chi connectivity index (χ0n) is 18.1. The van der Waals surface area contributed by atoms with Crippen molar-refractivity contribution < 1.29 is 36.5 Å². The highest BCUT2D eigenvalue weighted by Crippen LogP contribution is 2.35. The van der Waals surface area contributed by atoms with Gasteiger partial charge in [0.1, 0.15) is 5.75 Å². The van der Waals surface area contributed by atoms with Gasteiger partial charge in [0, 0.05) is 10.8 Å². The van der Waals surface area contributed by atoms with Gasteiger partial charge in [0.2, 0.25) is 18.5 Å². The Labute approximate surface area is 181 Å². The molecule has 0 aliphatic rings. The van der Waals surface area contributed by atoms with E-state index in [-0.39, 0.29) is 17.4 Å². The Morgan fingerprint density at radius 1 is 1.00 bits per heavy atom. The first-order valence-corrected chi connectivity index (χ1v) is 11.4. The fourth-order valence-corrected chi connectivity index (χ4v) is 3.33. The molecule has 2 aromatic rings. The Kier molecular flexibility index (Phi) is 7.61. The fraction of sp³-hybridized carbons (Fsp3) is 0.381. The molecule has 31 heavy (non-hydrogen) atoms. The fourth-order valence-electron chi connectivity index (χ4n) is 2.92. The molecule has 0 aliphatic heterocycles. The Morgan fingerprint density at radius 2 is 1.58 bits per heavy atom. The maximum absolute atomic E-state index is 12.6. The summed E-state index contributed by atoms with van der Waals surface area (Å²) in [4.78, 5) is 24.5. The second-order valence-electron chi connectivity index (χ2n) is 7.60. The molecule has 0 aliphatic carbocycles. The second kappa shape index (κ2) is 9.78. The van der Waals surface area contributed by atoms with Crippen molar-refractivity contribution in [2.45, 2.75) is 45.6 Å². The maximum atomic E-state index is 12.6. The minimum atomic E-state index is -3.82. The van der Waals surface area contributed by atoms with Gasteiger partial charge in [-0.3, -0.25) is 4.79 Å². The highest BCUT2D eigenvalue weighted by Gasteiger charge is 2.28. The number of amides is 1. The van der Waals surface area contributed by atoms with Gasteiger partial charge in [0.05, 0.1) is 11.8 Å². The summed E-state index contributed by atoms with van der Waals surface area (Å²) < 4.78 is 39.0. The number of primary amides is 1. The van der Waals surface area contributed by atoms with Crippen molar-refractivity contribution in [3.05, 3.63) is 59.4 Å². The van der Waals surface area contributed by atoms with E-state index in [1.54, 1.807) is 0 Å². The zero-order valence-corrected chi connectivity index (χ0v) is 18.9. The molecule has 1 unspecified atom stereocenters. The van der Waals surface area contributed by atoms with Gasteiger partial charge in [-0.15, -0.1) is 4.28 Å². The summed E-state index contributed by atoms with van der Waals surface area (Å²) in [5.41, 5.74) is 7.15. The number of hydrogen-bond donors (Lipinski definition) is 1. The van der Waals surface area contributed by atoms with Gasteiger partial charge in [-0.05, 0) is 29.0 Å². The van der Waals surface area contributed by atoms with Crippen molar-refractivity contribution >= 4 is 22.2 Å². The summed E-state index contributed by atoms with van der Waals surface area (Å²) in [6, 6.07) is 8.45. The Bertz CT molecular complexity index is 1040. The molecule has 0 saturated carbocycles. The molecule has 1 aromatic heterocycles. The van der Waals surface area contributed by atoms with E-state index in [0.717, 1.165) is 22.1 Å². The number of nitrogens with zero attached hydrogens (tertiary/aromatic N) is 1. The lowest BCUT2D eigenvalue weighted by Gasteiger charge is -2.20. The molecule has 0 saturated heterocycles. The molecule has 0 radical (unpaired) electrons. The van der Waals surface area contributed by atoms with Crippen LogP contribution in [-0.4, -0.2) is 26.7 Å². The van der Waals surface area contributed by atoms with Crippen LogP contribution in [0.1, 0.15) is 62.3 Å². The van der Waals surface area contributed by atoms with E-state index < -0.39 is 28.3 Å². The van der Waals surface area contributed by atoms with Crippen molar-refractivity contribution in [2.75, 3.05) is 6.26 Å². The van der Waals surface area contributed by atoms with Crippen LogP contribution in [0.5, 0.6) is 5.75 Å². The lowest BCUT2D eigenvalue weighted by molar-refractivity contribution is -0.856. The number of aromatic nitrogens is 1. The quantitative estimate of drug-likeness (QED) is 0.371. The van der Waals surface area contributed by atoms with Crippen LogP contribution in [0.2, 0.25) is 0 Å². The van der Waals surface area contributed by atoms with Crippen LogP contribution >= 0.6 is 0 Å². The summed E-state index contributed by atoms with van der Waals surface area (Å²) >= 11 is 0. The number of benzene rings is 1. The number of rotatable bonds is 8. The van der Waals surface area contributed by atoms with E-state index in [0.29, 0.717) is 5.75 Å². The monoisotopic (exact) mass is 451 g/mol. The van der Waals surface area contributed by atoms with Gasteiger partial charge in [-0.2, -0.15) is 8.42 Å². The molecule has 2 rings (SSSR count). The first-order valence-electron chi connectivity index (χ1n) is 9.60. The van der Waals surface area contributed by atoms with E-state index in [4.69, 9.17) is 19.5 Å². The number of ether oxygens (including phenoxy) is 2. The molecule has 1 amide bonds. The average molecular weight is 452 g/mol. The molecule has 10 heteroatoms. The van der Waals surface area contributed by atoms with Crippen molar-refractivity contribution in [1.82, 2.24) is 0 Å². The van der Waals surface area contributed by atoms with Crippen molar-refractivity contribution in [1.29, 1.82) is 0 Å². The standard InChI is InChI=1S/C21H26N2O7S/c1-13(2)16-9-6-10-17(14(3)4)19(16)29-21(25)28-18(20(22)24)15-8-7-11-23(12-15)30-31(5,26)27/h6-14,18H,1-5H3,(H-,22,24)/p+1. The van der Waals surface area contributed by atoms with Crippen molar-refractivity contribution in [2.24, 2.45) is 5.73 Å². The van der Waals surface area contributed by atoms with Crippen LogP contribution < -0.4 is 19.5 Å². The number of carbonyl (C=O) groups excluding carboxylic acids is 2. The molecule has 1 heterocycles. The van der Waals surface area contributed by atoms with E-state index in [1.807, 2.05) is 45.9 Å². The van der Waals surface area contributed by atoms with Gasteiger partial charge < -0.3 is 15.2 Å². The lowest BCUT2D eigenvalue weighted by Crippen LogP contribution is -2.45. The van der Waals surface area contributed by atoms with Crippen molar-refractivity contribution in [3.63, 3.8) is 0 Å². The number of para-hydroxylation sites is 1. The summed E-state index contributed by atoms with van der Waals surface area (Å²) in [6.07, 6.45) is 0.708. The third kappa shape index (κ3) is 6.68. The minimum Gasteiger partial charge on any atom is -0.415 e. The van der Waals surface area contributed by atoms with Crippen LogP contribution in [0.4, 0.5) is 4.79 Å². The third-order valence-electron chi connectivity index (χ3n) is 4.30. The second-order valence-corrected chi connectivity index (χ2v) is 9.16. The van der Waals surface area contributed by atoms with Crippen LogP contribution in [0.25, 0.3) is 0 Å². The Hall–Kier alpha value is -3.14. The number of nitrogens with two attached hydrogens (primary N) is 1. The highest BCUT2D eigenvalue weighted by molar-refractivity contribution is 7.86. The van der Waals surface area contributed by atoms with Crippen LogP contribution in [0.15, 0.2) is 42.7 Å². The van der Waals surface area contributed by atoms with Crippen molar-refractivity contribution in [3.8, 4) is 5.75 Å². The molecule has 168 valence electrons.